The SMILES string of the molecule is COc1ccc(C)cc1N1C(=O)C(Nc2ccc(C)cc2C)=C(c2ccc(Cl)cc2)C1=O. The van der Waals surface area contributed by atoms with Crippen molar-refractivity contribution in [3.63, 3.8) is 0 Å². The summed E-state index contributed by atoms with van der Waals surface area (Å²) < 4.78 is 5.45. The molecule has 0 unspecified atom stereocenters. The largest absolute Gasteiger partial charge is 0.495 e. The van der Waals surface area contributed by atoms with Crippen LogP contribution in [0.25, 0.3) is 5.57 Å². The van der Waals surface area contributed by atoms with E-state index in [1.807, 2.05) is 45.0 Å². The second-order valence-electron chi connectivity index (χ2n) is 7.82. The maximum atomic E-state index is 13.6. The number of rotatable bonds is 5. The number of methoxy groups -OCH3 is 1. The highest BCUT2D eigenvalue weighted by molar-refractivity contribution is 6.46. The Bertz CT molecular complexity index is 1260. The molecule has 0 aliphatic carbocycles. The number of ether oxygens (including phenoxy) is 1. The van der Waals surface area contributed by atoms with Crippen LogP contribution in [0.1, 0.15) is 22.3 Å². The zero-order chi connectivity index (χ0) is 23.0. The Hall–Kier alpha value is -3.57. The van der Waals surface area contributed by atoms with Crippen LogP contribution in [-0.2, 0) is 9.59 Å². The van der Waals surface area contributed by atoms with Crippen LogP contribution in [0.15, 0.2) is 66.4 Å². The van der Waals surface area contributed by atoms with Gasteiger partial charge in [-0.3, -0.25) is 9.59 Å². The van der Waals surface area contributed by atoms with Crippen molar-refractivity contribution < 1.29 is 14.3 Å². The minimum absolute atomic E-state index is 0.216. The van der Waals surface area contributed by atoms with E-state index in [0.717, 1.165) is 22.4 Å². The Labute approximate surface area is 192 Å². The highest BCUT2D eigenvalue weighted by Gasteiger charge is 2.41. The third-order valence-electron chi connectivity index (χ3n) is 5.43. The molecule has 162 valence electrons. The van der Waals surface area contributed by atoms with Gasteiger partial charge in [-0.1, -0.05) is 47.5 Å². The molecule has 0 radical (unpaired) electrons. The molecule has 0 aromatic heterocycles. The fourth-order valence-electron chi connectivity index (χ4n) is 3.81. The number of nitrogens with one attached hydrogen (secondary N) is 1. The Balaban J connectivity index is 1.87. The fraction of sp³-hybridized carbons (Fsp3) is 0.154. The molecular formula is C26H23ClN2O3. The first-order chi connectivity index (χ1) is 15.3. The van der Waals surface area contributed by atoms with Crippen LogP contribution in [0.3, 0.4) is 0 Å². The van der Waals surface area contributed by atoms with Crippen LogP contribution in [0.2, 0.25) is 5.02 Å². The Morgan fingerprint density at radius 1 is 0.844 bits per heavy atom. The number of hydrogen-bond acceptors (Lipinski definition) is 4. The minimum atomic E-state index is -0.441. The number of imide groups is 1. The number of nitrogens with zero attached hydrogens (tertiary/aromatic N) is 1. The summed E-state index contributed by atoms with van der Waals surface area (Å²) >= 11 is 6.06. The number of aryl methyl sites for hydroxylation is 3. The number of amides is 2. The predicted molar refractivity (Wildman–Crippen MR) is 128 cm³/mol. The van der Waals surface area contributed by atoms with E-state index in [2.05, 4.69) is 5.32 Å². The molecule has 0 bridgehead atoms. The van der Waals surface area contributed by atoms with Gasteiger partial charge < -0.3 is 10.1 Å². The van der Waals surface area contributed by atoms with Crippen molar-refractivity contribution in [2.45, 2.75) is 20.8 Å². The molecule has 0 fully saturated rings. The van der Waals surface area contributed by atoms with Gasteiger partial charge in [0.1, 0.15) is 11.4 Å². The summed E-state index contributed by atoms with van der Waals surface area (Å²) in [7, 11) is 1.52. The molecule has 1 N–H and O–H groups in total. The topological polar surface area (TPSA) is 58.6 Å². The van der Waals surface area contributed by atoms with Crippen molar-refractivity contribution in [2.24, 2.45) is 0 Å². The van der Waals surface area contributed by atoms with Gasteiger partial charge in [0.05, 0.1) is 18.4 Å². The Kier molecular flexibility index (Phi) is 5.76. The van der Waals surface area contributed by atoms with Crippen LogP contribution in [0, 0.1) is 20.8 Å². The second-order valence-corrected chi connectivity index (χ2v) is 8.26. The van der Waals surface area contributed by atoms with Gasteiger partial charge in [0.2, 0.25) is 0 Å². The van der Waals surface area contributed by atoms with Gasteiger partial charge in [-0.25, -0.2) is 4.90 Å². The molecule has 32 heavy (non-hydrogen) atoms. The molecule has 0 saturated carbocycles. The van der Waals surface area contributed by atoms with Gasteiger partial charge in [-0.15, -0.1) is 0 Å². The zero-order valence-corrected chi connectivity index (χ0v) is 19.1. The van der Waals surface area contributed by atoms with Crippen LogP contribution < -0.4 is 15.0 Å². The van der Waals surface area contributed by atoms with E-state index in [0.29, 0.717) is 22.0 Å². The normalized spacial score (nSPS) is 13.7. The molecule has 0 atom stereocenters. The second kappa shape index (κ2) is 8.52. The number of hydrogen-bond donors (Lipinski definition) is 1. The standard InChI is InChI=1S/C26H23ClN2O3/c1-15-5-11-20(17(3)13-15)28-24-23(18-7-9-19(27)10-8-18)25(30)29(26(24)31)21-14-16(2)6-12-22(21)32-4/h5-14,28H,1-4H3. The summed E-state index contributed by atoms with van der Waals surface area (Å²) in [6.07, 6.45) is 0. The average Bonchev–Trinajstić information content (AvgIpc) is 3.00. The van der Waals surface area contributed by atoms with E-state index in [1.165, 1.54) is 12.0 Å². The summed E-state index contributed by atoms with van der Waals surface area (Å²) in [4.78, 5) is 28.4. The molecule has 1 aliphatic heterocycles. The van der Waals surface area contributed by atoms with E-state index < -0.39 is 11.8 Å². The first kappa shape index (κ1) is 21.7. The molecule has 2 amide bonds. The maximum absolute atomic E-state index is 13.6. The van der Waals surface area contributed by atoms with E-state index in [4.69, 9.17) is 16.3 Å². The molecular weight excluding hydrogens is 424 g/mol. The van der Waals surface area contributed by atoms with Gasteiger partial charge in [0.25, 0.3) is 11.8 Å². The van der Waals surface area contributed by atoms with Crippen molar-refractivity contribution in [3.05, 3.63) is 93.6 Å². The highest BCUT2D eigenvalue weighted by atomic mass is 35.5. The third-order valence-corrected chi connectivity index (χ3v) is 5.69. The van der Waals surface area contributed by atoms with E-state index in [-0.39, 0.29) is 11.3 Å². The Morgan fingerprint density at radius 3 is 2.16 bits per heavy atom. The summed E-state index contributed by atoms with van der Waals surface area (Å²) in [5.74, 6) is -0.419. The molecule has 4 rings (SSSR count). The number of halogens is 1. The first-order valence-corrected chi connectivity index (χ1v) is 10.6. The third kappa shape index (κ3) is 3.87. The summed E-state index contributed by atoms with van der Waals surface area (Å²) in [6, 6.07) is 18.2. The molecule has 0 saturated heterocycles. The number of carbonyl (C=O) groups excluding carboxylic acids is 2. The van der Waals surface area contributed by atoms with E-state index in [9.17, 15) is 9.59 Å². The molecule has 6 heteroatoms. The van der Waals surface area contributed by atoms with Crippen molar-refractivity contribution >= 4 is 40.4 Å². The molecule has 3 aromatic rings. The van der Waals surface area contributed by atoms with Gasteiger partial charge in [-0.2, -0.15) is 0 Å². The van der Waals surface area contributed by atoms with Gasteiger partial charge in [0, 0.05) is 10.7 Å². The number of benzene rings is 3. The Morgan fingerprint density at radius 2 is 1.50 bits per heavy atom. The number of anilines is 2. The van der Waals surface area contributed by atoms with Gasteiger partial charge in [0.15, 0.2) is 0 Å². The molecule has 1 heterocycles. The van der Waals surface area contributed by atoms with E-state index in [1.54, 1.807) is 36.4 Å². The molecule has 5 nitrogen and oxygen atoms in total. The van der Waals surface area contributed by atoms with E-state index >= 15 is 0 Å². The minimum Gasteiger partial charge on any atom is -0.495 e. The molecule has 0 spiro atoms. The molecule has 3 aromatic carbocycles. The van der Waals surface area contributed by atoms with Crippen molar-refractivity contribution in [2.75, 3.05) is 17.3 Å². The summed E-state index contributed by atoms with van der Waals surface area (Å²) in [5.41, 5.74) is 5.27. The van der Waals surface area contributed by atoms with Crippen LogP contribution in [-0.4, -0.2) is 18.9 Å². The molecule has 1 aliphatic rings. The summed E-state index contributed by atoms with van der Waals surface area (Å²) in [5, 5.41) is 3.77. The quantitative estimate of drug-likeness (QED) is 0.513. The fourth-order valence-corrected chi connectivity index (χ4v) is 3.94. The maximum Gasteiger partial charge on any atom is 0.282 e. The van der Waals surface area contributed by atoms with Crippen molar-refractivity contribution in [3.8, 4) is 5.75 Å². The van der Waals surface area contributed by atoms with Crippen molar-refractivity contribution in [1.82, 2.24) is 0 Å². The monoisotopic (exact) mass is 446 g/mol. The van der Waals surface area contributed by atoms with Crippen LogP contribution >= 0.6 is 11.6 Å². The average molecular weight is 447 g/mol. The lowest BCUT2D eigenvalue weighted by atomic mass is 10.0. The van der Waals surface area contributed by atoms with Crippen LogP contribution in [0.4, 0.5) is 11.4 Å². The zero-order valence-electron chi connectivity index (χ0n) is 18.3. The smallest absolute Gasteiger partial charge is 0.282 e. The lowest BCUT2D eigenvalue weighted by Crippen LogP contribution is -2.32. The predicted octanol–water partition coefficient (Wildman–Crippen LogP) is 5.67. The lowest BCUT2D eigenvalue weighted by molar-refractivity contribution is -0.120. The lowest BCUT2D eigenvalue weighted by Gasteiger charge is -2.19. The first-order valence-electron chi connectivity index (χ1n) is 10.2. The van der Waals surface area contributed by atoms with Gasteiger partial charge >= 0.3 is 0 Å². The van der Waals surface area contributed by atoms with Crippen molar-refractivity contribution in [1.29, 1.82) is 0 Å². The summed E-state index contributed by atoms with van der Waals surface area (Å²) in [6.45, 7) is 5.86. The van der Waals surface area contributed by atoms with Crippen LogP contribution in [0.5, 0.6) is 5.75 Å². The van der Waals surface area contributed by atoms with Gasteiger partial charge in [-0.05, 0) is 67.8 Å². The highest BCUT2D eigenvalue weighted by Crippen LogP contribution is 2.38. The number of carbonyl (C=O) groups is 2.